The van der Waals surface area contributed by atoms with Crippen molar-refractivity contribution in [2.24, 2.45) is 0 Å². The number of aromatic nitrogens is 3. The number of hydrogen-bond donors (Lipinski definition) is 1. The van der Waals surface area contributed by atoms with E-state index in [2.05, 4.69) is 15.4 Å². The summed E-state index contributed by atoms with van der Waals surface area (Å²) in [7, 11) is 3.10. The van der Waals surface area contributed by atoms with Crippen LogP contribution in [0.15, 0.2) is 24.4 Å². The van der Waals surface area contributed by atoms with Crippen LogP contribution in [0.25, 0.3) is 11.0 Å². The van der Waals surface area contributed by atoms with Gasteiger partial charge in [0.05, 0.1) is 17.1 Å². The number of benzene rings is 1. The summed E-state index contributed by atoms with van der Waals surface area (Å²) in [5, 5.41) is 7.54. The molecular formula is C21H25F2N5O. The normalized spacial score (nSPS) is 11.5. The Labute approximate surface area is 168 Å². The Morgan fingerprint density at radius 3 is 2.24 bits per heavy atom. The van der Waals surface area contributed by atoms with Gasteiger partial charge in [0, 0.05) is 31.5 Å². The first kappa shape index (κ1) is 20.7. The van der Waals surface area contributed by atoms with Crippen LogP contribution < -0.4 is 10.2 Å². The molecule has 1 aromatic carbocycles. The van der Waals surface area contributed by atoms with E-state index in [0.29, 0.717) is 16.6 Å². The molecule has 0 saturated heterocycles. The molecule has 2 heterocycles. The number of carbonyl (C=O) groups excluding carboxylic acids is 1. The van der Waals surface area contributed by atoms with Crippen LogP contribution in [0.1, 0.15) is 55.7 Å². The molecule has 1 amide bonds. The summed E-state index contributed by atoms with van der Waals surface area (Å²) in [6.07, 6.45) is 1.59. The molecule has 0 aliphatic rings. The number of nitrogens with one attached hydrogen (secondary N) is 1. The number of anilines is 2. The molecule has 2 aromatic heterocycles. The lowest BCUT2D eigenvalue weighted by Gasteiger charge is -2.16. The van der Waals surface area contributed by atoms with Gasteiger partial charge < -0.3 is 10.2 Å². The first-order chi connectivity index (χ1) is 13.6. The second-order valence-electron chi connectivity index (χ2n) is 7.81. The van der Waals surface area contributed by atoms with Gasteiger partial charge in [0.2, 0.25) is 0 Å². The molecule has 0 saturated carbocycles. The van der Waals surface area contributed by atoms with E-state index >= 15 is 0 Å². The average Bonchev–Trinajstić information content (AvgIpc) is 3.03. The van der Waals surface area contributed by atoms with E-state index in [4.69, 9.17) is 0 Å². The number of hydrogen-bond acceptors (Lipinski definition) is 4. The van der Waals surface area contributed by atoms with Gasteiger partial charge in [-0.05, 0) is 38.0 Å². The van der Waals surface area contributed by atoms with Crippen molar-refractivity contribution < 1.29 is 13.6 Å². The smallest absolute Gasteiger partial charge is 0.256 e. The van der Waals surface area contributed by atoms with Crippen molar-refractivity contribution in [1.82, 2.24) is 14.8 Å². The van der Waals surface area contributed by atoms with Gasteiger partial charge in [-0.15, -0.1) is 0 Å². The van der Waals surface area contributed by atoms with Gasteiger partial charge in [-0.2, -0.15) is 5.10 Å². The maximum Gasteiger partial charge on any atom is 0.256 e. The number of rotatable bonds is 5. The molecule has 8 heteroatoms. The van der Waals surface area contributed by atoms with Crippen molar-refractivity contribution in [3.63, 3.8) is 0 Å². The number of nitrogens with zero attached hydrogens (tertiary/aromatic N) is 4. The van der Waals surface area contributed by atoms with Gasteiger partial charge in [0.25, 0.3) is 5.91 Å². The first-order valence-corrected chi connectivity index (χ1v) is 9.46. The molecule has 154 valence electrons. The molecule has 3 aromatic rings. The minimum atomic E-state index is -0.749. The minimum Gasteiger partial charge on any atom is -0.373 e. The second-order valence-corrected chi connectivity index (χ2v) is 7.81. The number of carbonyl (C=O) groups is 1. The first-order valence-electron chi connectivity index (χ1n) is 9.46. The third-order valence-corrected chi connectivity index (χ3v) is 4.63. The predicted octanol–water partition coefficient (Wildman–Crippen LogP) is 4.73. The van der Waals surface area contributed by atoms with Gasteiger partial charge in [-0.25, -0.2) is 18.4 Å². The Kier molecular flexibility index (Phi) is 5.55. The molecule has 0 spiro atoms. The van der Waals surface area contributed by atoms with E-state index in [1.54, 1.807) is 31.0 Å². The summed E-state index contributed by atoms with van der Waals surface area (Å²) in [5.74, 6) is -1.88. The molecular weight excluding hydrogens is 376 g/mol. The molecule has 0 atom stereocenters. The zero-order valence-electron chi connectivity index (χ0n) is 17.4. The van der Waals surface area contributed by atoms with Gasteiger partial charge in [-0.3, -0.25) is 4.79 Å². The zero-order valence-corrected chi connectivity index (χ0v) is 17.4. The van der Waals surface area contributed by atoms with Crippen LogP contribution in [0.4, 0.5) is 20.2 Å². The van der Waals surface area contributed by atoms with Crippen LogP contribution in [0.2, 0.25) is 0 Å². The highest BCUT2D eigenvalue weighted by Gasteiger charge is 2.20. The molecule has 29 heavy (non-hydrogen) atoms. The second kappa shape index (κ2) is 7.77. The lowest BCUT2D eigenvalue weighted by molar-refractivity contribution is 0.102. The Bertz CT molecular complexity index is 1050. The summed E-state index contributed by atoms with van der Waals surface area (Å²) >= 11 is 0. The molecule has 6 nitrogen and oxygen atoms in total. The van der Waals surface area contributed by atoms with Crippen molar-refractivity contribution in [2.75, 3.05) is 24.3 Å². The van der Waals surface area contributed by atoms with Crippen molar-refractivity contribution in [1.29, 1.82) is 0 Å². The highest BCUT2D eigenvalue weighted by molar-refractivity contribution is 6.12. The highest BCUT2D eigenvalue weighted by Crippen LogP contribution is 2.28. The van der Waals surface area contributed by atoms with E-state index in [1.807, 2.05) is 27.7 Å². The summed E-state index contributed by atoms with van der Waals surface area (Å²) in [6.45, 7) is 7.93. The predicted molar refractivity (Wildman–Crippen MR) is 111 cm³/mol. The molecule has 1 N–H and O–H groups in total. The molecule has 0 bridgehead atoms. The SMILES string of the molecule is CC(C)c1cc(C(=O)Nc2cc(F)c(N(C)C)c(F)c2)c2cnn(C(C)C)c2n1. The standard InChI is InChI=1S/C21H25F2N5O/c1-11(2)18-9-14(15-10-24-28(12(3)4)20(15)26-18)21(29)25-13-7-16(22)19(27(5)6)17(23)8-13/h7-12H,1-6H3,(H,25,29). The van der Waals surface area contributed by atoms with Crippen LogP contribution in [-0.4, -0.2) is 34.8 Å². The molecule has 0 fully saturated rings. The molecule has 0 unspecified atom stereocenters. The van der Waals surface area contributed by atoms with Crippen molar-refractivity contribution >= 4 is 28.3 Å². The topological polar surface area (TPSA) is 63.1 Å². The maximum absolute atomic E-state index is 14.3. The fourth-order valence-electron chi connectivity index (χ4n) is 3.16. The van der Waals surface area contributed by atoms with Gasteiger partial charge in [-0.1, -0.05) is 13.8 Å². The van der Waals surface area contributed by atoms with Crippen molar-refractivity contribution in [3.8, 4) is 0 Å². The summed E-state index contributed by atoms with van der Waals surface area (Å²) in [4.78, 5) is 19.0. The lowest BCUT2D eigenvalue weighted by atomic mass is 10.0. The number of halogens is 2. The highest BCUT2D eigenvalue weighted by atomic mass is 19.1. The van der Waals surface area contributed by atoms with E-state index in [1.165, 1.54) is 4.90 Å². The van der Waals surface area contributed by atoms with Crippen LogP contribution in [0, 0.1) is 11.6 Å². The van der Waals surface area contributed by atoms with Crippen LogP contribution in [0.5, 0.6) is 0 Å². The molecule has 0 aliphatic heterocycles. The Morgan fingerprint density at radius 2 is 1.72 bits per heavy atom. The third kappa shape index (κ3) is 3.92. The molecule has 0 aliphatic carbocycles. The van der Waals surface area contributed by atoms with Crippen molar-refractivity contribution in [2.45, 2.75) is 39.7 Å². The number of pyridine rings is 1. The summed E-state index contributed by atoms with van der Waals surface area (Å²) in [5.41, 5.74) is 1.60. The van der Waals surface area contributed by atoms with Gasteiger partial charge >= 0.3 is 0 Å². The molecule has 3 rings (SSSR count). The lowest BCUT2D eigenvalue weighted by Crippen LogP contribution is -2.16. The van der Waals surface area contributed by atoms with E-state index in [9.17, 15) is 13.6 Å². The van der Waals surface area contributed by atoms with Crippen LogP contribution in [-0.2, 0) is 0 Å². The van der Waals surface area contributed by atoms with Crippen LogP contribution in [0.3, 0.4) is 0 Å². The fourth-order valence-corrected chi connectivity index (χ4v) is 3.16. The van der Waals surface area contributed by atoms with Crippen LogP contribution >= 0.6 is 0 Å². The Hall–Kier alpha value is -3.03. The zero-order chi connectivity index (χ0) is 21.5. The molecule has 0 radical (unpaired) electrons. The Morgan fingerprint density at radius 1 is 1.10 bits per heavy atom. The minimum absolute atomic E-state index is 0.0444. The third-order valence-electron chi connectivity index (χ3n) is 4.63. The number of amides is 1. The quantitative estimate of drug-likeness (QED) is 0.671. The summed E-state index contributed by atoms with van der Waals surface area (Å²) in [6, 6.07) is 3.99. The fraction of sp³-hybridized carbons (Fsp3) is 0.381. The average molecular weight is 401 g/mol. The monoisotopic (exact) mass is 401 g/mol. The van der Waals surface area contributed by atoms with E-state index < -0.39 is 17.5 Å². The van der Waals surface area contributed by atoms with Crippen molar-refractivity contribution in [3.05, 3.63) is 47.3 Å². The van der Waals surface area contributed by atoms with E-state index in [-0.39, 0.29) is 23.3 Å². The Balaban J connectivity index is 2.05. The van der Waals surface area contributed by atoms with E-state index in [0.717, 1.165) is 17.8 Å². The largest absolute Gasteiger partial charge is 0.373 e. The number of fused-ring (bicyclic) bond motifs is 1. The summed E-state index contributed by atoms with van der Waals surface area (Å²) < 4.78 is 30.3. The maximum atomic E-state index is 14.3. The van der Waals surface area contributed by atoms with Gasteiger partial charge in [0.1, 0.15) is 5.69 Å². The van der Waals surface area contributed by atoms with Gasteiger partial charge in [0.15, 0.2) is 17.3 Å².